The number of anilines is 3. The molecule has 0 radical (unpaired) electrons. The lowest BCUT2D eigenvalue weighted by Gasteiger charge is -2.32. The molecule has 1 aliphatic carbocycles. The van der Waals surface area contributed by atoms with Gasteiger partial charge in [0.05, 0.1) is 31.1 Å². The summed E-state index contributed by atoms with van der Waals surface area (Å²) >= 11 is 0. The van der Waals surface area contributed by atoms with Crippen LogP contribution in [0.1, 0.15) is 53.8 Å². The van der Waals surface area contributed by atoms with Gasteiger partial charge in [0.15, 0.2) is 5.82 Å². The number of amides is 1. The average Bonchev–Trinajstić information content (AvgIpc) is 3.64. The Balaban J connectivity index is 1.27. The molecule has 0 bridgehead atoms. The summed E-state index contributed by atoms with van der Waals surface area (Å²) < 4.78 is 16.6. The minimum Gasteiger partial charge on any atom is -0.461 e. The largest absolute Gasteiger partial charge is 0.461 e. The molecule has 1 amide bonds. The third-order valence-corrected chi connectivity index (χ3v) is 8.80. The molecular weight excluding hydrogens is 560 g/mol. The van der Waals surface area contributed by atoms with Gasteiger partial charge < -0.3 is 28.8 Å². The van der Waals surface area contributed by atoms with Crippen molar-refractivity contribution in [1.82, 2.24) is 18.9 Å². The van der Waals surface area contributed by atoms with Gasteiger partial charge in [0, 0.05) is 56.1 Å². The van der Waals surface area contributed by atoms with Crippen molar-refractivity contribution in [3.05, 3.63) is 81.2 Å². The molecule has 3 aromatic heterocycles. The molecule has 3 aliphatic rings. The predicted octanol–water partition coefficient (Wildman–Crippen LogP) is 4.17. The standard InChI is InChI=1S/C33H36N6O5/c1-20(40)44-19-25-24(22-12-26(31(41)36(4)17-22)34-30-14-23-18-43-11-10-39(23)35-30)6-5-7-27(25)38-9-8-37-28(32(38)42)13-21-15-33(2,3)16-29(21)37/h5-7,12-14,17H,8-11,15-16,18-19H2,1-4H3,(H,34,35). The van der Waals surface area contributed by atoms with Crippen LogP contribution < -0.4 is 15.8 Å². The summed E-state index contributed by atoms with van der Waals surface area (Å²) in [5, 5.41) is 7.78. The Bertz CT molecular complexity index is 1860. The Morgan fingerprint density at radius 2 is 1.95 bits per heavy atom. The quantitative estimate of drug-likeness (QED) is 0.333. The highest BCUT2D eigenvalue weighted by Crippen LogP contribution is 2.40. The molecule has 1 aromatic carbocycles. The summed E-state index contributed by atoms with van der Waals surface area (Å²) in [6, 6.07) is 11.4. The third kappa shape index (κ3) is 4.90. The van der Waals surface area contributed by atoms with Gasteiger partial charge in [-0.2, -0.15) is 5.10 Å². The van der Waals surface area contributed by atoms with Crippen LogP contribution >= 0.6 is 0 Å². The first-order valence-corrected chi connectivity index (χ1v) is 15.0. The number of nitrogens with zero attached hydrogens (tertiary/aromatic N) is 5. The highest BCUT2D eigenvalue weighted by molar-refractivity contribution is 6.07. The van der Waals surface area contributed by atoms with E-state index in [0.717, 1.165) is 29.7 Å². The Hall–Kier alpha value is -4.64. The van der Waals surface area contributed by atoms with E-state index >= 15 is 0 Å². The Labute approximate surface area is 255 Å². The molecule has 11 nitrogen and oxygen atoms in total. The van der Waals surface area contributed by atoms with E-state index in [1.54, 1.807) is 24.2 Å². The third-order valence-electron chi connectivity index (χ3n) is 8.80. The molecule has 0 saturated heterocycles. The summed E-state index contributed by atoms with van der Waals surface area (Å²) in [6.07, 6.45) is 3.67. The number of hydrogen-bond acceptors (Lipinski definition) is 7. The Kier molecular flexibility index (Phi) is 6.73. The molecule has 0 atom stereocenters. The lowest BCUT2D eigenvalue weighted by atomic mass is 9.90. The number of fused-ring (bicyclic) bond motifs is 4. The van der Waals surface area contributed by atoms with E-state index in [4.69, 9.17) is 9.47 Å². The monoisotopic (exact) mass is 596 g/mol. The molecule has 0 fully saturated rings. The Morgan fingerprint density at radius 1 is 1.11 bits per heavy atom. The number of carbonyl (C=O) groups excluding carboxylic acids is 2. The maximum atomic E-state index is 14.0. The van der Waals surface area contributed by atoms with Gasteiger partial charge in [-0.25, -0.2) is 0 Å². The van der Waals surface area contributed by atoms with Gasteiger partial charge in [0.25, 0.3) is 11.5 Å². The van der Waals surface area contributed by atoms with Crippen LogP contribution in [0.25, 0.3) is 11.1 Å². The first kappa shape index (κ1) is 28.1. The van der Waals surface area contributed by atoms with Crippen LogP contribution in [0, 0.1) is 5.41 Å². The van der Waals surface area contributed by atoms with Crippen molar-refractivity contribution in [3.8, 4) is 11.1 Å². The Morgan fingerprint density at radius 3 is 2.75 bits per heavy atom. The molecule has 0 unspecified atom stereocenters. The lowest BCUT2D eigenvalue weighted by molar-refractivity contribution is -0.142. The first-order valence-electron chi connectivity index (χ1n) is 15.0. The van der Waals surface area contributed by atoms with Gasteiger partial charge in [-0.15, -0.1) is 0 Å². The predicted molar refractivity (Wildman–Crippen MR) is 165 cm³/mol. The number of ether oxygens (including phenoxy) is 2. The SMILES string of the molecule is CC(=O)OCc1c(-c2cc(Nc3cc4n(n3)CCOC4)c(=O)n(C)c2)cccc1N1CCn2c(cc3c2CC(C)(C)C3)C1=O. The zero-order valence-electron chi connectivity index (χ0n) is 25.5. The molecule has 228 valence electrons. The summed E-state index contributed by atoms with van der Waals surface area (Å²) in [4.78, 5) is 40.9. The smallest absolute Gasteiger partial charge is 0.302 e. The van der Waals surface area contributed by atoms with Crippen molar-refractivity contribution in [2.45, 2.75) is 59.9 Å². The maximum absolute atomic E-state index is 14.0. The molecule has 2 aliphatic heterocycles. The fourth-order valence-corrected chi connectivity index (χ4v) is 6.80. The summed E-state index contributed by atoms with van der Waals surface area (Å²) in [5.41, 5.74) is 7.39. The molecular formula is C33H36N6O5. The number of nitrogens with one attached hydrogen (secondary N) is 1. The number of pyridine rings is 1. The second-order valence-electron chi connectivity index (χ2n) is 12.7. The highest BCUT2D eigenvalue weighted by atomic mass is 16.5. The molecule has 5 heterocycles. The number of esters is 1. The van der Waals surface area contributed by atoms with Crippen molar-refractivity contribution < 1.29 is 19.1 Å². The van der Waals surface area contributed by atoms with Crippen LogP contribution in [-0.2, 0) is 60.5 Å². The molecule has 0 saturated carbocycles. The van der Waals surface area contributed by atoms with Gasteiger partial charge in [-0.1, -0.05) is 26.0 Å². The zero-order chi connectivity index (χ0) is 30.7. The lowest BCUT2D eigenvalue weighted by Crippen LogP contribution is -2.41. The van der Waals surface area contributed by atoms with Crippen LogP contribution in [0.4, 0.5) is 17.2 Å². The van der Waals surface area contributed by atoms with Crippen molar-refractivity contribution in [3.63, 3.8) is 0 Å². The van der Waals surface area contributed by atoms with Crippen LogP contribution in [0.3, 0.4) is 0 Å². The number of hydrogen-bond donors (Lipinski definition) is 1. The summed E-state index contributed by atoms with van der Waals surface area (Å²) in [7, 11) is 1.70. The molecule has 4 aromatic rings. The second-order valence-corrected chi connectivity index (χ2v) is 12.7. The minimum atomic E-state index is -0.417. The molecule has 0 spiro atoms. The van der Waals surface area contributed by atoms with Gasteiger partial charge in [-0.3, -0.25) is 19.1 Å². The number of benzene rings is 1. The topological polar surface area (TPSA) is 113 Å². The van der Waals surface area contributed by atoms with Crippen molar-refractivity contribution >= 4 is 29.1 Å². The van der Waals surface area contributed by atoms with E-state index in [1.807, 2.05) is 28.9 Å². The van der Waals surface area contributed by atoms with Gasteiger partial charge in [0.2, 0.25) is 0 Å². The number of aromatic nitrogens is 4. The van der Waals surface area contributed by atoms with E-state index in [-0.39, 0.29) is 23.5 Å². The fraction of sp³-hybridized carbons (Fsp3) is 0.394. The van der Waals surface area contributed by atoms with E-state index in [2.05, 4.69) is 34.9 Å². The van der Waals surface area contributed by atoms with E-state index in [1.165, 1.54) is 22.7 Å². The van der Waals surface area contributed by atoms with Gasteiger partial charge in [-0.05, 0) is 47.6 Å². The fourth-order valence-electron chi connectivity index (χ4n) is 6.80. The normalized spacial score (nSPS) is 16.8. The average molecular weight is 597 g/mol. The van der Waals surface area contributed by atoms with Gasteiger partial charge in [0.1, 0.15) is 18.0 Å². The number of aryl methyl sites for hydroxylation is 1. The number of rotatable bonds is 6. The molecule has 44 heavy (non-hydrogen) atoms. The van der Waals surface area contributed by atoms with Crippen LogP contribution in [0.5, 0.6) is 0 Å². The van der Waals surface area contributed by atoms with Crippen molar-refractivity contribution in [1.29, 1.82) is 0 Å². The van der Waals surface area contributed by atoms with Crippen molar-refractivity contribution in [2.24, 2.45) is 12.5 Å². The van der Waals surface area contributed by atoms with Gasteiger partial charge >= 0.3 is 5.97 Å². The van der Waals surface area contributed by atoms with Crippen LogP contribution in [0.15, 0.2) is 47.4 Å². The first-order chi connectivity index (χ1) is 21.1. The van der Waals surface area contributed by atoms with Crippen LogP contribution in [-0.4, -0.2) is 43.9 Å². The highest BCUT2D eigenvalue weighted by Gasteiger charge is 2.37. The maximum Gasteiger partial charge on any atom is 0.302 e. The summed E-state index contributed by atoms with van der Waals surface area (Å²) in [6.45, 7) is 8.79. The van der Waals surface area contributed by atoms with Crippen molar-refractivity contribution in [2.75, 3.05) is 23.4 Å². The van der Waals surface area contributed by atoms with E-state index < -0.39 is 5.97 Å². The minimum absolute atomic E-state index is 0.0182. The molecule has 1 N–H and O–H groups in total. The van der Waals surface area contributed by atoms with E-state index in [9.17, 15) is 14.4 Å². The van der Waals surface area contributed by atoms with Crippen LogP contribution in [0.2, 0.25) is 0 Å². The summed E-state index contributed by atoms with van der Waals surface area (Å²) in [5.74, 6) is 0.0743. The molecule has 7 rings (SSSR count). The number of carbonyl (C=O) groups is 2. The molecule has 11 heteroatoms. The second kappa shape index (κ2) is 10.5. The van der Waals surface area contributed by atoms with E-state index in [0.29, 0.717) is 61.3 Å². The zero-order valence-corrected chi connectivity index (χ0v) is 25.5.